The van der Waals surface area contributed by atoms with Gasteiger partial charge >= 0.3 is 6.03 Å². The Bertz CT molecular complexity index is 557. The van der Waals surface area contributed by atoms with E-state index in [4.69, 9.17) is 9.88 Å². The third-order valence-corrected chi connectivity index (χ3v) is 3.67. The molecule has 0 saturated heterocycles. The molecular weight excluding hydrogens is 294 g/mol. The molecule has 0 aliphatic carbocycles. The van der Waals surface area contributed by atoms with Gasteiger partial charge in [0.15, 0.2) is 0 Å². The number of rotatable bonds is 7. The van der Waals surface area contributed by atoms with E-state index < -0.39 is 10.0 Å². The summed E-state index contributed by atoms with van der Waals surface area (Å²) < 4.78 is 27.1. The monoisotopic (exact) mass is 315 g/mol. The number of hydrogen-bond acceptors (Lipinski definition) is 4. The van der Waals surface area contributed by atoms with Crippen LogP contribution in [0.25, 0.3) is 0 Å². The van der Waals surface area contributed by atoms with Crippen molar-refractivity contribution >= 4 is 16.1 Å². The summed E-state index contributed by atoms with van der Waals surface area (Å²) in [7, 11) is -2.09. The summed E-state index contributed by atoms with van der Waals surface area (Å²) in [6.45, 7) is 2.73. The molecule has 7 nitrogen and oxygen atoms in total. The van der Waals surface area contributed by atoms with Gasteiger partial charge in [0, 0.05) is 13.7 Å². The zero-order valence-corrected chi connectivity index (χ0v) is 12.9. The Morgan fingerprint density at radius 2 is 1.95 bits per heavy atom. The highest BCUT2D eigenvalue weighted by atomic mass is 32.2. The lowest BCUT2D eigenvalue weighted by molar-refractivity contribution is 0.171. The van der Waals surface area contributed by atoms with Crippen molar-refractivity contribution in [2.24, 2.45) is 5.14 Å². The average Bonchev–Trinajstić information content (AvgIpc) is 2.38. The van der Waals surface area contributed by atoms with Crippen molar-refractivity contribution in [3.8, 4) is 0 Å². The van der Waals surface area contributed by atoms with Crippen LogP contribution in [0.15, 0.2) is 29.2 Å². The van der Waals surface area contributed by atoms with E-state index >= 15 is 0 Å². The number of primary sulfonamides is 1. The van der Waals surface area contributed by atoms with Gasteiger partial charge in [0.25, 0.3) is 0 Å². The van der Waals surface area contributed by atoms with Gasteiger partial charge in [0.05, 0.1) is 17.5 Å². The second kappa shape index (κ2) is 7.96. The van der Waals surface area contributed by atoms with Gasteiger partial charge in [-0.2, -0.15) is 0 Å². The number of sulfonamides is 1. The van der Waals surface area contributed by atoms with E-state index in [1.165, 1.54) is 12.1 Å². The first-order chi connectivity index (χ1) is 9.82. The molecule has 21 heavy (non-hydrogen) atoms. The third-order valence-electron chi connectivity index (χ3n) is 2.75. The first kappa shape index (κ1) is 17.4. The molecule has 1 aromatic rings. The summed E-state index contributed by atoms with van der Waals surface area (Å²) in [5, 5.41) is 10.5. The van der Waals surface area contributed by atoms with Crippen LogP contribution in [-0.2, 0) is 21.2 Å². The second-order valence-corrected chi connectivity index (χ2v) is 6.26. The molecule has 2 amide bonds. The number of urea groups is 1. The fourth-order valence-corrected chi connectivity index (χ4v) is 2.25. The Balaban J connectivity index is 2.37. The molecule has 1 aromatic carbocycles. The van der Waals surface area contributed by atoms with Crippen LogP contribution in [-0.4, -0.2) is 40.8 Å². The lowest BCUT2D eigenvalue weighted by Gasteiger charge is -2.13. The van der Waals surface area contributed by atoms with E-state index in [1.807, 2.05) is 6.92 Å². The highest BCUT2D eigenvalue weighted by Gasteiger charge is 2.08. The number of carbonyl (C=O) groups is 1. The maximum atomic E-state index is 11.5. The van der Waals surface area contributed by atoms with Crippen molar-refractivity contribution in [2.75, 3.05) is 20.3 Å². The molecule has 0 saturated carbocycles. The van der Waals surface area contributed by atoms with Gasteiger partial charge in [-0.15, -0.1) is 0 Å². The zero-order chi connectivity index (χ0) is 15.9. The van der Waals surface area contributed by atoms with Gasteiger partial charge in [-0.1, -0.05) is 12.1 Å². The molecular formula is C13H21N3O4S. The third kappa shape index (κ3) is 6.56. The number of methoxy groups -OCH3 is 1. The van der Waals surface area contributed by atoms with Crippen LogP contribution in [0.3, 0.4) is 0 Å². The molecule has 0 aliphatic heterocycles. The predicted octanol–water partition coefficient (Wildman–Crippen LogP) is 0.211. The number of benzene rings is 1. The lowest BCUT2D eigenvalue weighted by atomic mass is 10.1. The second-order valence-electron chi connectivity index (χ2n) is 4.70. The highest BCUT2D eigenvalue weighted by molar-refractivity contribution is 7.89. The van der Waals surface area contributed by atoms with Crippen LogP contribution in [0, 0.1) is 0 Å². The van der Waals surface area contributed by atoms with Gasteiger partial charge in [0.1, 0.15) is 0 Å². The Morgan fingerprint density at radius 3 is 2.48 bits per heavy atom. The van der Waals surface area contributed by atoms with E-state index in [9.17, 15) is 13.2 Å². The number of carbonyl (C=O) groups excluding carboxylic acids is 1. The Morgan fingerprint density at radius 1 is 1.33 bits per heavy atom. The van der Waals surface area contributed by atoms with Crippen LogP contribution < -0.4 is 15.8 Å². The zero-order valence-electron chi connectivity index (χ0n) is 12.1. The smallest absolute Gasteiger partial charge is 0.315 e. The fourth-order valence-electron chi connectivity index (χ4n) is 1.73. The molecule has 0 aromatic heterocycles. The molecule has 1 atom stereocenters. The number of ether oxygens (including phenoxy) is 1. The summed E-state index contributed by atoms with van der Waals surface area (Å²) in [4.78, 5) is 11.6. The quantitative estimate of drug-likeness (QED) is 0.668. The Labute approximate surface area is 124 Å². The van der Waals surface area contributed by atoms with Crippen LogP contribution in [0.1, 0.15) is 12.5 Å². The normalized spacial score (nSPS) is 12.7. The number of amides is 2. The summed E-state index contributed by atoms with van der Waals surface area (Å²) >= 11 is 0. The minimum Gasteiger partial charge on any atom is -0.383 e. The average molecular weight is 315 g/mol. The number of nitrogens with one attached hydrogen (secondary N) is 2. The van der Waals surface area contributed by atoms with Crippen LogP contribution in [0.4, 0.5) is 4.79 Å². The summed E-state index contributed by atoms with van der Waals surface area (Å²) in [6, 6.07) is 5.92. The van der Waals surface area contributed by atoms with Crippen molar-refractivity contribution in [3.63, 3.8) is 0 Å². The van der Waals surface area contributed by atoms with E-state index in [-0.39, 0.29) is 17.0 Å². The maximum Gasteiger partial charge on any atom is 0.315 e. The first-order valence-corrected chi connectivity index (χ1v) is 8.02. The number of hydrogen-bond donors (Lipinski definition) is 3. The summed E-state index contributed by atoms with van der Waals surface area (Å²) in [5.41, 5.74) is 0.910. The molecule has 0 fully saturated rings. The molecule has 4 N–H and O–H groups in total. The van der Waals surface area contributed by atoms with Crippen LogP contribution in [0.2, 0.25) is 0 Å². The van der Waals surface area contributed by atoms with Gasteiger partial charge in [-0.25, -0.2) is 18.4 Å². The van der Waals surface area contributed by atoms with Crippen LogP contribution >= 0.6 is 0 Å². The Hall–Kier alpha value is -1.64. The van der Waals surface area contributed by atoms with E-state index in [1.54, 1.807) is 19.2 Å². The van der Waals surface area contributed by atoms with Gasteiger partial charge < -0.3 is 15.4 Å². The number of nitrogens with two attached hydrogens (primary N) is 1. The van der Waals surface area contributed by atoms with Crippen molar-refractivity contribution in [1.82, 2.24) is 10.6 Å². The van der Waals surface area contributed by atoms with E-state index in [0.29, 0.717) is 19.6 Å². The molecule has 1 rings (SSSR count). The van der Waals surface area contributed by atoms with Crippen molar-refractivity contribution in [3.05, 3.63) is 29.8 Å². The lowest BCUT2D eigenvalue weighted by Crippen LogP contribution is -2.43. The van der Waals surface area contributed by atoms with Crippen LogP contribution in [0.5, 0.6) is 0 Å². The fraction of sp³-hybridized carbons (Fsp3) is 0.462. The van der Waals surface area contributed by atoms with Gasteiger partial charge in [-0.3, -0.25) is 0 Å². The minimum absolute atomic E-state index is 0.0657. The topological polar surface area (TPSA) is 111 Å². The van der Waals surface area contributed by atoms with E-state index in [0.717, 1.165) is 5.56 Å². The largest absolute Gasteiger partial charge is 0.383 e. The molecule has 0 bridgehead atoms. The molecule has 8 heteroatoms. The maximum absolute atomic E-state index is 11.5. The van der Waals surface area contributed by atoms with Gasteiger partial charge in [0.2, 0.25) is 10.0 Å². The summed E-state index contributed by atoms with van der Waals surface area (Å²) in [5.74, 6) is 0. The molecule has 0 radical (unpaired) electrons. The van der Waals surface area contributed by atoms with Crippen molar-refractivity contribution in [1.29, 1.82) is 0 Å². The predicted molar refractivity (Wildman–Crippen MR) is 79.4 cm³/mol. The SMILES string of the molecule is COC[C@H](C)NC(=O)NCCc1ccc(S(N)(=O)=O)cc1. The van der Waals surface area contributed by atoms with Crippen molar-refractivity contribution < 1.29 is 17.9 Å². The summed E-state index contributed by atoms with van der Waals surface area (Å²) in [6.07, 6.45) is 0.594. The van der Waals surface area contributed by atoms with Crippen molar-refractivity contribution in [2.45, 2.75) is 24.3 Å². The first-order valence-electron chi connectivity index (χ1n) is 6.48. The van der Waals surface area contributed by atoms with Gasteiger partial charge in [-0.05, 0) is 31.0 Å². The molecule has 0 spiro atoms. The highest BCUT2D eigenvalue weighted by Crippen LogP contribution is 2.08. The Kier molecular flexibility index (Phi) is 6.60. The standard InChI is InChI=1S/C13H21N3O4S/c1-10(9-20-2)16-13(17)15-8-7-11-3-5-12(6-4-11)21(14,18)19/h3-6,10H,7-9H2,1-2H3,(H2,14,18,19)(H2,15,16,17)/t10-/m0/s1. The molecule has 118 valence electrons. The minimum atomic E-state index is -3.66. The molecule has 0 unspecified atom stereocenters. The molecule has 0 heterocycles. The molecule has 0 aliphatic rings. The van der Waals surface area contributed by atoms with E-state index in [2.05, 4.69) is 10.6 Å².